The summed E-state index contributed by atoms with van der Waals surface area (Å²) < 4.78 is 5.44. The molecule has 1 heterocycles. The summed E-state index contributed by atoms with van der Waals surface area (Å²) in [4.78, 5) is 0. The van der Waals surface area contributed by atoms with Crippen LogP contribution < -0.4 is 10.1 Å². The molecule has 0 unspecified atom stereocenters. The van der Waals surface area contributed by atoms with Crippen molar-refractivity contribution >= 4 is 0 Å². The molecule has 0 atom stereocenters. The molecule has 0 amide bonds. The number of aliphatic hydroxyl groups is 1. The molecular formula is C12H17NO2. The largest absolute Gasteiger partial charge is 0.493 e. The molecule has 0 aliphatic carbocycles. The summed E-state index contributed by atoms with van der Waals surface area (Å²) in [5, 5.41) is 11.9. The van der Waals surface area contributed by atoms with Gasteiger partial charge in [0.2, 0.25) is 0 Å². The Morgan fingerprint density at radius 2 is 2.33 bits per heavy atom. The lowest BCUT2D eigenvalue weighted by Gasteiger charge is -2.05. The lowest BCUT2D eigenvalue weighted by atomic mass is 10.1. The molecule has 82 valence electrons. The molecule has 0 bridgehead atoms. The first-order valence-electron chi connectivity index (χ1n) is 5.46. The lowest BCUT2D eigenvalue weighted by molar-refractivity contribution is 0.286. The zero-order valence-corrected chi connectivity index (χ0v) is 8.83. The molecule has 0 fully saturated rings. The molecular weight excluding hydrogens is 190 g/mol. The number of nitrogens with one attached hydrogen (secondary N) is 1. The first-order valence-corrected chi connectivity index (χ1v) is 5.46. The predicted octanol–water partition coefficient (Wildman–Crippen LogP) is 1.09. The van der Waals surface area contributed by atoms with Crippen LogP contribution in [0.25, 0.3) is 0 Å². The Balaban J connectivity index is 1.87. The minimum Gasteiger partial charge on any atom is -0.493 e. The smallest absolute Gasteiger partial charge is 0.122 e. The van der Waals surface area contributed by atoms with Gasteiger partial charge in [-0.15, -0.1) is 0 Å². The third-order valence-corrected chi connectivity index (χ3v) is 2.59. The van der Waals surface area contributed by atoms with Crippen molar-refractivity contribution in [3.05, 3.63) is 29.3 Å². The van der Waals surface area contributed by atoms with Gasteiger partial charge in [-0.1, -0.05) is 12.1 Å². The van der Waals surface area contributed by atoms with Gasteiger partial charge in [-0.05, 0) is 30.2 Å². The van der Waals surface area contributed by atoms with E-state index in [1.165, 1.54) is 11.1 Å². The van der Waals surface area contributed by atoms with E-state index in [9.17, 15) is 0 Å². The molecule has 1 aliphatic heterocycles. The summed E-state index contributed by atoms with van der Waals surface area (Å²) in [5.41, 5.74) is 2.61. The van der Waals surface area contributed by atoms with Crippen LogP contribution in [0.4, 0.5) is 0 Å². The summed E-state index contributed by atoms with van der Waals surface area (Å²) in [6.07, 6.45) is 1.84. The average Bonchev–Trinajstić information content (AvgIpc) is 2.71. The standard InChI is InChI=1S/C12H17NO2/c14-6-1-5-13-9-10-2-3-12-11(8-10)4-7-15-12/h2-3,8,13-14H,1,4-7,9H2. The van der Waals surface area contributed by atoms with Crippen LogP contribution in [0.5, 0.6) is 5.75 Å². The van der Waals surface area contributed by atoms with Gasteiger partial charge in [0.1, 0.15) is 5.75 Å². The minimum atomic E-state index is 0.255. The maximum absolute atomic E-state index is 8.63. The predicted molar refractivity (Wildman–Crippen MR) is 59.1 cm³/mol. The van der Waals surface area contributed by atoms with Crippen LogP contribution in [0, 0.1) is 0 Å². The van der Waals surface area contributed by atoms with Crippen LogP contribution in [0.2, 0.25) is 0 Å². The normalized spacial score (nSPS) is 13.7. The maximum atomic E-state index is 8.63. The van der Waals surface area contributed by atoms with E-state index >= 15 is 0 Å². The van der Waals surface area contributed by atoms with Crippen LogP contribution in [0.3, 0.4) is 0 Å². The molecule has 3 heteroatoms. The Hall–Kier alpha value is -1.06. The Bertz CT molecular complexity index is 325. The Morgan fingerprint density at radius 1 is 1.40 bits per heavy atom. The molecule has 0 saturated heterocycles. The van der Waals surface area contributed by atoms with E-state index in [0.717, 1.165) is 38.3 Å². The number of ether oxygens (including phenoxy) is 1. The monoisotopic (exact) mass is 207 g/mol. The molecule has 1 aliphatic rings. The number of hydrogen-bond acceptors (Lipinski definition) is 3. The number of aliphatic hydroxyl groups excluding tert-OH is 1. The molecule has 0 saturated carbocycles. The van der Waals surface area contributed by atoms with Crippen molar-refractivity contribution in [2.75, 3.05) is 19.8 Å². The van der Waals surface area contributed by atoms with Gasteiger partial charge in [-0.2, -0.15) is 0 Å². The van der Waals surface area contributed by atoms with Gasteiger partial charge in [0.15, 0.2) is 0 Å². The highest BCUT2D eigenvalue weighted by atomic mass is 16.5. The van der Waals surface area contributed by atoms with Crippen molar-refractivity contribution in [1.29, 1.82) is 0 Å². The summed E-state index contributed by atoms with van der Waals surface area (Å²) in [6.45, 7) is 2.80. The van der Waals surface area contributed by atoms with Gasteiger partial charge in [0.05, 0.1) is 6.61 Å². The van der Waals surface area contributed by atoms with Crippen molar-refractivity contribution in [3.8, 4) is 5.75 Å². The quantitative estimate of drug-likeness (QED) is 0.710. The van der Waals surface area contributed by atoms with E-state index in [0.29, 0.717) is 0 Å². The van der Waals surface area contributed by atoms with Gasteiger partial charge in [0.25, 0.3) is 0 Å². The summed E-state index contributed by atoms with van der Waals surface area (Å²) in [7, 11) is 0. The van der Waals surface area contributed by atoms with Crippen molar-refractivity contribution in [2.45, 2.75) is 19.4 Å². The summed E-state index contributed by atoms with van der Waals surface area (Å²) in [6, 6.07) is 6.34. The van der Waals surface area contributed by atoms with Gasteiger partial charge in [0, 0.05) is 19.6 Å². The third-order valence-electron chi connectivity index (χ3n) is 2.59. The molecule has 1 aromatic rings. The number of benzene rings is 1. The Labute approximate surface area is 90.1 Å². The minimum absolute atomic E-state index is 0.255. The van der Waals surface area contributed by atoms with Crippen LogP contribution in [0.1, 0.15) is 17.5 Å². The molecule has 2 N–H and O–H groups in total. The fraction of sp³-hybridized carbons (Fsp3) is 0.500. The van der Waals surface area contributed by atoms with Gasteiger partial charge in [-0.3, -0.25) is 0 Å². The Morgan fingerprint density at radius 3 is 3.20 bits per heavy atom. The summed E-state index contributed by atoms with van der Waals surface area (Å²) >= 11 is 0. The maximum Gasteiger partial charge on any atom is 0.122 e. The van der Waals surface area contributed by atoms with E-state index in [4.69, 9.17) is 9.84 Å². The van der Waals surface area contributed by atoms with Crippen molar-refractivity contribution in [1.82, 2.24) is 5.32 Å². The zero-order chi connectivity index (χ0) is 10.5. The molecule has 1 aromatic carbocycles. The number of hydrogen-bond donors (Lipinski definition) is 2. The van der Waals surface area contributed by atoms with E-state index < -0.39 is 0 Å². The van der Waals surface area contributed by atoms with E-state index in [1.807, 2.05) is 6.07 Å². The van der Waals surface area contributed by atoms with E-state index in [1.54, 1.807) is 0 Å². The molecule has 0 spiro atoms. The number of rotatable bonds is 5. The summed E-state index contributed by atoms with van der Waals surface area (Å²) in [5.74, 6) is 1.04. The van der Waals surface area contributed by atoms with Gasteiger partial charge < -0.3 is 15.2 Å². The second-order valence-electron chi connectivity index (χ2n) is 3.79. The van der Waals surface area contributed by atoms with Crippen molar-refractivity contribution in [2.24, 2.45) is 0 Å². The van der Waals surface area contributed by atoms with Crippen LogP contribution >= 0.6 is 0 Å². The van der Waals surface area contributed by atoms with Crippen LogP contribution in [-0.2, 0) is 13.0 Å². The molecule has 2 rings (SSSR count). The fourth-order valence-electron chi connectivity index (χ4n) is 1.79. The van der Waals surface area contributed by atoms with Crippen LogP contribution in [0.15, 0.2) is 18.2 Å². The first kappa shape index (κ1) is 10.5. The van der Waals surface area contributed by atoms with E-state index in [2.05, 4.69) is 17.4 Å². The second-order valence-corrected chi connectivity index (χ2v) is 3.79. The molecule has 0 radical (unpaired) electrons. The van der Waals surface area contributed by atoms with Crippen LogP contribution in [-0.4, -0.2) is 24.9 Å². The molecule has 3 nitrogen and oxygen atoms in total. The lowest BCUT2D eigenvalue weighted by Crippen LogP contribution is -2.15. The molecule has 15 heavy (non-hydrogen) atoms. The fourth-order valence-corrected chi connectivity index (χ4v) is 1.79. The topological polar surface area (TPSA) is 41.5 Å². The van der Waals surface area contributed by atoms with Gasteiger partial charge in [-0.25, -0.2) is 0 Å². The highest BCUT2D eigenvalue weighted by molar-refractivity contribution is 5.39. The van der Waals surface area contributed by atoms with Crippen molar-refractivity contribution < 1.29 is 9.84 Å². The average molecular weight is 207 g/mol. The third kappa shape index (κ3) is 2.70. The highest BCUT2D eigenvalue weighted by Gasteiger charge is 2.11. The first-order chi connectivity index (χ1) is 7.40. The van der Waals surface area contributed by atoms with E-state index in [-0.39, 0.29) is 6.61 Å². The second kappa shape index (κ2) is 5.14. The number of fused-ring (bicyclic) bond motifs is 1. The van der Waals surface area contributed by atoms with Crippen molar-refractivity contribution in [3.63, 3.8) is 0 Å². The zero-order valence-electron chi connectivity index (χ0n) is 8.83. The Kier molecular flexibility index (Phi) is 3.59. The highest BCUT2D eigenvalue weighted by Crippen LogP contribution is 2.25. The van der Waals surface area contributed by atoms with Gasteiger partial charge >= 0.3 is 0 Å². The molecule has 0 aromatic heterocycles. The SMILES string of the molecule is OCCCNCc1ccc2c(c1)CCO2.